The highest BCUT2D eigenvalue weighted by Gasteiger charge is 2.09. The number of hydrogen-bond donors (Lipinski definition) is 2. The standard InChI is InChI=1S/C13H11NO/c1-7-5-8(2)13-12-9(6-14-13)3-4-10(15)11(7)12/h3-6,14-15H,1H2,2H3. The highest BCUT2D eigenvalue weighted by atomic mass is 16.3. The molecule has 2 aromatic carbocycles. The molecule has 0 fully saturated rings. The van der Waals surface area contributed by atoms with Crippen molar-refractivity contribution in [2.24, 2.45) is 0 Å². The predicted molar refractivity (Wildman–Crippen MR) is 62.9 cm³/mol. The number of aromatic hydroxyl groups is 1. The second kappa shape index (κ2) is 2.54. The van der Waals surface area contributed by atoms with E-state index in [1.165, 1.54) is 0 Å². The summed E-state index contributed by atoms with van der Waals surface area (Å²) >= 11 is 0. The summed E-state index contributed by atoms with van der Waals surface area (Å²) in [6.07, 6.45) is 1.96. The average molecular weight is 197 g/mol. The van der Waals surface area contributed by atoms with Gasteiger partial charge in [0, 0.05) is 27.9 Å². The topological polar surface area (TPSA) is 36.0 Å². The van der Waals surface area contributed by atoms with Crippen LogP contribution in [-0.2, 0) is 0 Å². The minimum atomic E-state index is 0.303. The molecule has 0 aliphatic carbocycles. The summed E-state index contributed by atoms with van der Waals surface area (Å²) in [5, 5.41) is 13.8. The Kier molecular flexibility index (Phi) is 1.41. The van der Waals surface area contributed by atoms with Crippen LogP contribution in [0.2, 0.25) is 0 Å². The summed E-state index contributed by atoms with van der Waals surface area (Å²) in [7, 11) is 0. The van der Waals surface area contributed by atoms with Gasteiger partial charge in [-0.2, -0.15) is 0 Å². The Bertz CT molecular complexity index is 709. The minimum Gasteiger partial charge on any atom is -0.507 e. The first kappa shape index (κ1) is 8.36. The van der Waals surface area contributed by atoms with Crippen molar-refractivity contribution < 1.29 is 5.11 Å². The van der Waals surface area contributed by atoms with Crippen LogP contribution in [0.5, 0.6) is 5.75 Å². The number of aryl methyl sites for hydroxylation is 1. The van der Waals surface area contributed by atoms with E-state index < -0.39 is 0 Å². The number of hydrogen-bond acceptors (Lipinski definition) is 1. The summed E-state index contributed by atoms with van der Waals surface area (Å²) < 4.78 is 0. The molecule has 1 heterocycles. The fraction of sp³-hybridized carbons (Fsp3) is 0.0769. The van der Waals surface area contributed by atoms with Gasteiger partial charge in [-0.25, -0.2) is 0 Å². The lowest BCUT2D eigenvalue weighted by molar-refractivity contribution is 0.481. The number of benzene rings is 2. The number of nitrogens with one attached hydrogen (secondary N) is 1. The Hall–Kier alpha value is -1.96. The molecule has 0 saturated carbocycles. The Morgan fingerprint density at radius 2 is 2.07 bits per heavy atom. The zero-order chi connectivity index (χ0) is 10.6. The van der Waals surface area contributed by atoms with E-state index >= 15 is 0 Å². The molecule has 2 N–H and O–H groups in total. The van der Waals surface area contributed by atoms with Crippen LogP contribution < -0.4 is 5.22 Å². The van der Waals surface area contributed by atoms with Crippen LogP contribution in [0.15, 0.2) is 24.4 Å². The summed E-state index contributed by atoms with van der Waals surface area (Å²) in [4.78, 5) is 3.23. The molecule has 0 atom stereocenters. The second-order valence-electron chi connectivity index (χ2n) is 3.94. The van der Waals surface area contributed by atoms with E-state index in [-0.39, 0.29) is 0 Å². The first-order valence-corrected chi connectivity index (χ1v) is 4.89. The number of rotatable bonds is 0. The smallest absolute Gasteiger partial charge is 0.124 e. The predicted octanol–water partition coefficient (Wildman–Crippen LogP) is 2.46. The van der Waals surface area contributed by atoms with Gasteiger partial charge in [0.15, 0.2) is 0 Å². The lowest BCUT2D eigenvalue weighted by Crippen LogP contribution is -2.00. The van der Waals surface area contributed by atoms with Crippen LogP contribution in [0, 0.1) is 6.92 Å². The van der Waals surface area contributed by atoms with E-state index in [9.17, 15) is 5.11 Å². The molecule has 0 bridgehead atoms. The van der Waals surface area contributed by atoms with Gasteiger partial charge in [-0.3, -0.25) is 0 Å². The quantitative estimate of drug-likeness (QED) is 0.570. The summed E-state index contributed by atoms with van der Waals surface area (Å²) in [6, 6.07) is 5.63. The molecule has 74 valence electrons. The lowest BCUT2D eigenvalue weighted by Gasteiger charge is -2.04. The molecule has 1 aromatic heterocycles. The molecule has 0 saturated heterocycles. The molecule has 2 nitrogen and oxygen atoms in total. The number of H-pyrrole nitrogens is 1. The Labute approximate surface area is 86.8 Å². The summed E-state index contributed by atoms with van der Waals surface area (Å²) in [5.41, 5.74) is 2.25. The van der Waals surface area contributed by atoms with Gasteiger partial charge in [0.25, 0.3) is 0 Å². The maximum absolute atomic E-state index is 9.84. The molecule has 0 aliphatic rings. The van der Waals surface area contributed by atoms with Crippen molar-refractivity contribution >= 4 is 28.3 Å². The Morgan fingerprint density at radius 3 is 2.87 bits per heavy atom. The molecule has 0 aliphatic heterocycles. The second-order valence-corrected chi connectivity index (χ2v) is 3.94. The number of phenolic OH excluding ortho intramolecular Hbond substituents is 1. The maximum atomic E-state index is 9.84. The molecule has 2 heteroatoms. The van der Waals surface area contributed by atoms with E-state index in [1.807, 2.05) is 25.3 Å². The van der Waals surface area contributed by atoms with Gasteiger partial charge in [-0.1, -0.05) is 6.58 Å². The van der Waals surface area contributed by atoms with E-state index in [1.54, 1.807) is 6.07 Å². The van der Waals surface area contributed by atoms with Gasteiger partial charge in [-0.15, -0.1) is 0 Å². The van der Waals surface area contributed by atoms with Gasteiger partial charge in [0.05, 0.1) is 0 Å². The number of aromatic amines is 1. The molecular weight excluding hydrogens is 186 g/mol. The van der Waals surface area contributed by atoms with Gasteiger partial charge < -0.3 is 10.1 Å². The highest BCUT2D eigenvalue weighted by molar-refractivity contribution is 6.12. The molecule has 3 aromatic rings. The molecular formula is C13H11NO. The van der Waals surface area contributed by atoms with E-state index in [2.05, 4.69) is 11.6 Å². The third kappa shape index (κ3) is 0.934. The monoisotopic (exact) mass is 197 g/mol. The average Bonchev–Trinajstić information content (AvgIpc) is 2.60. The van der Waals surface area contributed by atoms with E-state index in [0.717, 1.165) is 32.5 Å². The van der Waals surface area contributed by atoms with Crippen LogP contribution in [-0.4, -0.2) is 10.1 Å². The van der Waals surface area contributed by atoms with Crippen LogP contribution in [0.3, 0.4) is 0 Å². The lowest BCUT2D eigenvalue weighted by atomic mass is 10.0. The number of aromatic nitrogens is 1. The van der Waals surface area contributed by atoms with Crippen LogP contribution in [0.4, 0.5) is 0 Å². The Balaban J connectivity index is 2.80. The largest absolute Gasteiger partial charge is 0.507 e. The van der Waals surface area contributed by atoms with Crippen LogP contribution in [0.1, 0.15) is 5.56 Å². The zero-order valence-electron chi connectivity index (χ0n) is 8.46. The molecule has 0 amide bonds. The maximum Gasteiger partial charge on any atom is 0.124 e. The van der Waals surface area contributed by atoms with Crippen molar-refractivity contribution in [2.75, 3.05) is 0 Å². The fourth-order valence-corrected chi connectivity index (χ4v) is 2.26. The van der Waals surface area contributed by atoms with Crippen molar-refractivity contribution in [3.63, 3.8) is 0 Å². The van der Waals surface area contributed by atoms with Crippen molar-refractivity contribution in [3.8, 4) is 5.75 Å². The minimum absolute atomic E-state index is 0.303. The Morgan fingerprint density at radius 1 is 1.27 bits per heavy atom. The molecule has 0 radical (unpaired) electrons. The van der Waals surface area contributed by atoms with E-state index in [0.29, 0.717) is 5.75 Å². The summed E-state index contributed by atoms with van der Waals surface area (Å²) in [5.74, 6) is 0.303. The molecule has 0 spiro atoms. The van der Waals surface area contributed by atoms with Crippen LogP contribution >= 0.6 is 0 Å². The molecule has 15 heavy (non-hydrogen) atoms. The first-order chi connectivity index (χ1) is 7.18. The zero-order valence-corrected chi connectivity index (χ0v) is 8.46. The van der Waals surface area contributed by atoms with Crippen molar-refractivity contribution in [2.45, 2.75) is 6.92 Å². The highest BCUT2D eigenvalue weighted by Crippen LogP contribution is 2.31. The normalized spacial score (nSPS) is 11.5. The van der Waals surface area contributed by atoms with Crippen LogP contribution in [0.25, 0.3) is 28.3 Å². The molecule has 0 unspecified atom stereocenters. The van der Waals surface area contributed by atoms with Gasteiger partial charge in [-0.05, 0) is 35.9 Å². The van der Waals surface area contributed by atoms with Crippen molar-refractivity contribution in [1.29, 1.82) is 0 Å². The van der Waals surface area contributed by atoms with Crippen molar-refractivity contribution in [1.82, 2.24) is 4.98 Å². The third-order valence-electron chi connectivity index (χ3n) is 2.94. The molecule has 3 rings (SSSR count). The van der Waals surface area contributed by atoms with Gasteiger partial charge >= 0.3 is 0 Å². The van der Waals surface area contributed by atoms with Gasteiger partial charge in [0.2, 0.25) is 0 Å². The summed E-state index contributed by atoms with van der Waals surface area (Å²) in [6.45, 7) is 6.02. The van der Waals surface area contributed by atoms with Gasteiger partial charge in [0.1, 0.15) is 5.75 Å². The number of phenols is 1. The third-order valence-corrected chi connectivity index (χ3v) is 2.94. The fourth-order valence-electron chi connectivity index (χ4n) is 2.26. The van der Waals surface area contributed by atoms with E-state index in [4.69, 9.17) is 0 Å². The van der Waals surface area contributed by atoms with Crippen molar-refractivity contribution in [3.05, 3.63) is 35.2 Å². The SMILES string of the molecule is C=c1cc(C)c2[nH]cc3ccc(O)c1c32. The first-order valence-electron chi connectivity index (χ1n) is 4.89.